The maximum absolute atomic E-state index is 12.0. The van der Waals surface area contributed by atoms with E-state index in [1.807, 2.05) is 42.5 Å². The number of rotatable bonds is 8. The van der Waals surface area contributed by atoms with E-state index in [0.29, 0.717) is 25.9 Å². The molecule has 0 radical (unpaired) electrons. The fourth-order valence-electron chi connectivity index (χ4n) is 2.57. The minimum absolute atomic E-state index is 0.0389. The Morgan fingerprint density at radius 2 is 1.92 bits per heavy atom. The van der Waals surface area contributed by atoms with Gasteiger partial charge in [-0.2, -0.15) is 0 Å². The van der Waals surface area contributed by atoms with Crippen molar-refractivity contribution < 1.29 is 9.53 Å². The van der Waals surface area contributed by atoms with Crippen LogP contribution in [0.3, 0.4) is 0 Å². The molecule has 3 rings (SSSR count). The molecule has 0 aliphatic rings. The van der Waals surface area contributed by atoms with E-state index in [1.165, 1.54) is 0 Å². The van der Waals surface area contributed by atoms with E-state index in [4.69, 9.17) is 4.74 Å². The zero-order chi connectivity index (χ0) is 17.5. The highest BCUT2D eigenvalue weighted by Gasteiger charge is 2.06. The molecule has 0 saturated carbocycles. The number of carbonyl (C=O) groups is 1. The Kier molecular flexibility index (Phi) is 5.85. The maximum Gasteiger partial charge on any atom is 0.220 e. The molecule has 0 unspecified atom stereocenters. The summed E-state index contributed by atoms with van der Waals surface area (Å²) in [6.07, 6.45) is 1.11. The Labute approximate surface area is 151 Å². The van der Waals surface area contributed by atoms with Gasteiger partial charge < -0.3 is 15.4 Å². The van der Waals surface area contributed by atoms with E-state index in [2.05, 4.69) is 21.7 Å². The van der Waals surface area contributed by atoms with E-state index in [-0.39, 0.29) is 5.91 Å². The number of amides is 1. The van der Waals surface area contributed by atoms with Gasteiger partial charge in [-0.1, -0.05) is 41.7 Å². The molecule has 0 spiro atoms. The van der Waals surface area contributed by atoms with Gasteiger partial charge in [0, 0.05) is 19.5 Å². The Morgan fingerprint density at radius 1 is 1.12 bits per heavy atom. The van der Waals surface area contributed by atoms with E-state index in [0.717, 1.165) is 26.7 Å². The number of hydrogen-bond acceptors (Lipinski definition) is 5. The normalized spacial score (nSPS) is 10.6. The Morgan fingerprint density at radius 3 is 2.76 bits per heavy atom. The zero-order valence-corrected chi connectivity index (χ0v) is 14.9. The van der Waals surface area contributed by atoms with Gasteiger partial charge in [-0.05, 0) is 30.2 Å². The Balaban J connectivity index is 1.39. The number of methoxy groups -OCH3 is 1. The summed E-state index contributed by atoms with van der Waals surface area (Å²) in [7, 11) is 1.65. The van der Waals surface area contributed by atoms with E-state index in [1.54, 1.807) is 18.4 Å². The third kappa shape index (κ3) is 4.70. The van der Waals surface area contributed by atoms with Gasteiger partial charge in [0.1, 0.15) is 5.75 Å². The number of carbonyl (C=O) groups excluding carboxylic acids is 1. The molecule has 5 nitrogen and oxygen atoms in total. The van der Waals surface area contributed by atoms with E-state index < -0.39 is 0 Å². The van der Waals surface area contributed by atoms with Crippen LogP contribution in [0.1, 0.15) is 12.0 Å². The number of aromatic nitrogens is 1. The molecule has 0 atom stereocenters. The van der Waals surface area contributed by atoms with Crippen molar-refractivity contribution in [3.8, 4) is 5.75 Å². The predicted octanol–water partition coefficient (Wildman–Crippen LogP) is 3.47. The van der Waals surface area contributed by atoms with Crippen molar-refractivity contribution >= 4 is 32.6 Å². The first kappa shape index (κ1) is 17.2. The number of nitrogens with zero attached hydrogens (tertiary/aromatic N) is 1. The van der Waals surface area contributed by atoms with Crippen molar-refractivity contribution in [1.29, 1.82) is 0 Å². The molecule has 1 aromatic heterocycles. The molecule has 6 heteroatoms. The summed E-state index contributed by atoms with van der Waals surface area (Å²) in [6.45, 7) is 1.22. The van der Waals surface area contributed by atoms with Gasteiger partial charge in [-0.25, -0.2) is 4.98 Å². The van der Waals surface area contributed by atoms with Crippen LogP contribution in [0, 0.1) is 0 Å². The number of ether oxygens (including phenoxy) is 1. The summed E-state index contributed by atoms with van der Waals surface area (Å²) < 4.78 is 6.46. The molecular weight excluding hydrogens is 334 g/mol. The molecule has 0 aliphatic heterocycles. The van der Waals surface area contributed by atoms with Crippen molar-refractivity contribution in [2.75, 3.05) is 25.5 Å². The SMILES string of the molecule is COc1ccccc1CCC(=O)NCCNc1nc2ccccc2s1. The van der Waals surface area contributed by atoms with E-state index in [9.17, 15) is 4.79 Å². The minimum Gasteiger partial charge on any atom is -0.496 e. The van der Waals surface area contributed by atoms with Crippen molar-refractivity contribution in [3.63, 3.8) is 0 Å². The van der Waals surface area contributed by atoms with Crippen LogP contribution in [0.2, 0.25) is 0 Å². The fourth-order valence-corrected chi connectivity index (χ4v) is 3.46. The van der Waals surface area contributed by atoms with Crippen LogP contribution in [0.15, 0.2) is 48.5 Å². The highest BCUT2D eigenvalue weighted by Crippen LogP contribution is 2.25. The summed E-state index contributed by atoms with van der Waals surface area (Å²) in [5, 5.41) is 7.06. The van der Waals surface area contributed by atoms with E-state index >= 15 is 0 Å². The first-order valence-electron chi connectivity index (χ1n) is 8.24. The van der Waals surface area contributed by atoms with Crippen molar-refractivity contribution in [1.82, 2.24) is 10.3 Å². The average Bonchev–Trinajstić information content (AvgIpc) is 3.06. The third-order valence-electron chi connectivity index (χ3n) is 3.83. The lowest BCUT2D eigenvalue weighted by atomic mass is 10.1. The second kappa shape index (κ2) is 8.48. The number of hydrogen-bond donors (Lipinski definition) is 2. The molecular formula is C19H21N3O2S. The van der Waals surface area contributed by atoms with Crippen LogP contribution in [0.5, 0.6) is 5.75 Å². The number of anilines is 1. The van der Waals surface area contributed by atoms with Crippen LogP contribution >= 0.6 is 11.3 Å². The molecule has 0 aliphatic carbocycles. The number of benzene rings is 2. The summed E-state index contributed by atoms with van der Waals surface area (Å²) >= 11 is 1.62. The standard InChI is InChI=1S/C19H21N3O2S/c1-24-16-8-4-2-6-14(16)10-11-18(23)20-12-13-21-19-22-15-7-3-5-9-17(15)25-19/h2-9H,10-13H2,1H3,(H,20,23)(H,21,22). The van der Waals surface area contributed by atoms with Gasteiger partial charge in [0.2, 0.25) is 5.91 Å². The van der Waals surface area contributed by atoms with Gasteiger partial charge in [-0.15, -0.1) is 0 Å². The molecule has 130 valence electrons. The number of para-hydroxylation sites is 2. The average molecular weight is 355 g/mol. The van der Waals surface area contributed by atoms with Crippen LogP contribution < -0.4 is 15.4 Å². The first-order valence-corrected chi connectivity index (χ1v) is 9.06. The summed E-state index contributed by atoms with van der Waals surface area (Å²) in [5.74, 6) is 0.866. The van der Waals surface area contributed by atoms with Crippen molar-refractivity contribution in [2.24, 2.45) is 0 Å². The lowest BCUT2D eigenvalue weighted by Crippen LogP contribution is -2.28. The third-order valence-corrected chi connectivity index (χ3v) is 4.83. The molecule has 0 bridgehead atoms. The highest BCUT2D eigenvalue weighted by molar-refractivity contribution is 7.22. The summed E-state index contributed by atoms with van der Waals surface area (Å²) in [4.78, 5) is 16.5. The van der Waals surface area contributed by atoms with Crippen LogP contribution in [0.4, 0.5) is 5.13 Å². The lowest BCUT2D eigenvalue weighted by molar-refractivity contribution is -0.120. The highest BCUT2D eigenvalue weighted by atomic mass is 32.1. The maximum atomic E-state index is 12.0. The number of fused-ring (bicyclic) bond motifs is 1. The Bertz CT molecular complexity index is 814. The van der Waals surface area contributed by atoms with Gasteiger partial charge in [0.05, 0.1) is 17.3 Å². The van der Waals surface area contributed by atoms with Crippen LogP contribution in [0.25, 0.3) is 10.2 Å². The van der Waals surface area contributed by atoms with Gasteiger partial charge >= 0.3 is 0 Å². The van der Waals surface area contributed by atoms with Crippen molar-refractivity contribution in [3.05, 3.63) is 54.1 Å². The number of thiazole rings is 1. The number of aryl methyl sites for hydroxylation is 1. The molecule has 25 heavy (non-hydrogen) atoms. The topological polar surface area (TPSA) is 63.2 Å². The van der Waals surface area contributed by atoms with Crippen molar-refractivity contribution in [2.45, 2.75) is 12.8 Å². The molecule has 0 fully saturated rings. The van der Waals surface area contributed by atoms with Crippen LogP contribution in [-0.4, -0.2) is 31.1 Å². The minimum atomic E-state index is 0.0389. The van der Waals surface area contributed by atoms with Gasteiger partial charge in [-0.3, -0.25) is 4.79 Å². The molecule has 2 aromatic carbocycles. The largest absolute Gasteiger partial charge is 0.496 e. The first-order chi connectivity index (χ1) is 12.3. The lowest BCUT2D eigenvalue weighted by Gasteiger charge is -2.08. The quantitative estimate of drug-likeness (QED) is 0.608. The smallest absolute Gasteiger partial charge is 0.220 e. The Hall–Kier alpha value is -2.60. The molecule has 3 aromatic rings. The predicted molar refractivity (Wildman–Crippen MR) is 102 cm³/mol. The molecule has 2 N–H and O–H groups in total. The van der Waals surface area contributed by atoms with Crippen LogP contribution in [-0.2, 0) is 11.2 Å². The zero-order valence-electron chi connectivity index (χ0n) is 14.1. The second-order valence-electron chi connectivity index (χ2n) is 5.58. The molecule has 1 heterocycles. The summed E-state index contributed by atoms with van der Waals surface area (Å²) in [5.41, 5.74) is 2.04. The molecule has 0 saturated heterocycles. The second-order valence-corrected chi connectivity index (χ2v) is 6.61. The fraction of sp³-hybridized carbons (Fsp3) is 0.263. The summed E-state index contributed by atoms with van der Waals surface area (Å²) in [6, 6.07) is 15.8. The van der Waals surface area contributed by atoms with Gasteiger partial charge in [0.25, 0.3) is 0 Å². The number of nitrogens with one attached hydrogen (secondary N) is 2. The monoisotopic (exact) mass is 355 g/mol. The molecule has 1 amide bonds. The van der Waals surface area contributed by atoms with Gasteiger partial charge in [0.15, 0.2) is 5.13 Å².